The number of nitrogens with zero attached hydrogens (tertiary/aromatic N) is 2. The quantitative estimate of drug-likeness (QED) is 0.584. The fourth-order valence-electron chi connectivity index (χ4n) is 3.99. The Balaban J connectivity index is 1.82. The summed E-state index contributed by atoms with van der Waals surface area (Å²) in [6.45, 7) is 7.92. The number of amides is 1. The average Bonchev–Trinajstić information content (AvgIpc) is 3.15. The Morgan fingerprint density at radius 3 is 2.62 bits per heavy atom. The van der Waals surface area contributed by atoms with Crippen LogP contribution in [0.2, 0.25) is 0 Å². The average molecular weight is 437 g/mol. The fourth-order valence-corrected chi connectivity index (χ4v) is 3.99. The third-order valence-electron chi connectivity index (χ3n) is 6.06. The highest BCUT2D eigenvalue weighted by atomic mass is 16.1. The maximum atomic E-state index is 12.8. The van der Waals surface area contributed by atoms with Crippen molar-refractivity contribution in [1.82, 2.24) is 20.2 Å². The Morgan fingerprint density at radius 1 is 1.22 bits per heavy atom. The van der Waals surface area contributed by atoms with Crippen molar-refractivity contribution in [3.05, 3.63) is 58.7 Å². The number of likely N-dealkylation sites (N-methyl/N-ethyl adjacent to an activating group) is 1. The summed E-state index contributed by atoms with van der Waals surface area (Å²) in [7, 11) is 3.98. The van der Waals surface area contributed by atoms with Gasteiger partial charge in [0.15, 0.2) is 5.82 Å². The summed E-state index contributed by atoms with van der Waals surface area (Å²) in [6, 6.07) is 6.08. The first kappa shape index (κ1) is 23.9. The van der Waals surface area contributed by atoms with Gasteiger partial charge in [0.25, 0.3) is 0 Å². The first-order valence-corrected chi connectivity index (χ1v) is 11.4. The molecule has 0 saturated heterocycles. The number of nitrogens with one attached hydrogen (secondary N) is 2. The molecule has 0 unspecified atom stereocenters. The van der Waals surface area contributed by atoms with Crippen LogP contribution in [-0.4, -0.2) is 53.7 Å². The van der Waals surface area contributed by atoms with Gasteiger partial charge in [0.1, 0.15) is 0 Å². The van der Waals surface area contributed by atoms with Gasteiger partial charge in [0.2, 0.25) is 11.7 Å². The normalized spacial score (nSPS) is 15.5. The number of rotatable bonds is 9. The SMILES string of the molecule is Cc1cnc(C(=O)Cc2ccc(CC(=O)NCCN(C)C)cc2C2=CCC(C)(C)CC2)[nH]1. The minimum absolute atomic E-state index is 0.0199. The standard InChI is InChI=1S/C26H36N4O2/c1-18-17-28-25(29-18)23(31)16-21-7-6-19(15-24(32)27-12-13-30(4)5)14-22(21)20-8-10-26(2,3)11-9-20/h6-8,14,17H,9-13,15-16H2,1-5H3,(H,27,32)(H,28,29). The minimum Gasteiger partial charge on any atom is -0.355 e. The molecular weight excluding hydrogens is 400 g/mol. The van der Waals surface area contributed by atoms with Gasteiger partial charge in [0.05, 0.1) is 6.42 Å². The van der Waals surface area contributed by atoms with Crippen LogP contribution in [0.1, 0.15) is 66.1 Å². The van der Waals surface area contributed by atoms with Crippen molar-refractivity contribution >= 4 is 17.3 Å². The molecule has 6 nitrogen and oxygen atoms in total. The van der Waals surface area contributed by atoms with Crippen LogP contribution in [0.4, 0.5) is 0 Å². The van der Waals surface area contributed by atoms with E-state index in [1.165, 1.54) is 5.57 Å². The van der Waals surface area contributed by atoms with Crippen molar-refractivity contribution in [1.29, 1.82) is 0 Å². The predicted octanol–water partition coefficient (Wildman–Crippen LogP) is 3.96. The van der Waals surface area contributed by atoms with Crippen molar-refractivity contribution in [2.24, 2.45) is 5.41 Å². The molecule has 1 heterocycles. The zero-order chi connectivity index (χ0) is 23.3. The van der Waals surface area contributed by atoms with E-state index in [1.807, 2.05) is 38.1 Å². The lowest BCUT2D eigenvalue weighted by Crippen LogP contribution is -2.32. The fraction of sp³-hybridized carbons (Fsp3) is 0.500. The van der Waals surface area contributed by atoms with Crippen LogP contribution in [0.25, 0.3) is 5.57 Å². The van der Waals surface area contributed by atoms with Crippen LogP contribution >= 0.6 is 0 Å². The van der Waals surface area contributed by atoms with E-state index in [4.69, 9.17) is 0 Å². The Bertz CT molecular complexity index is 1000. The van der Waals surface area contributed by atoms with Crippen LogP contribution in [-0.2, 0) is 17.6 Å². The van der Waals surface area contributed by atoms with Crippen LogP contribution < -0.4 is 5.32 Å². The van der Waals surface area contributed by atoms with Crippen LogP contribution in [0, 0.1) is 12.3 Å². The summed E-state index contributed by atoms with van der Waals surface area (Å²) in [4.78, 5) is 34.5. The number of aryl methyl sites for hydroxylation is 1. The second kappa shape index (κ2) is 10.3. The van der Waals surface area contributed by atoms with Gasteiger partial charge < -0.3 is 15.2 Å². The zero-order valence-corrected chi connectivity index (χ0v) is 20.0. The molecule has 0 fully saturated rings. The van der Waals surface area contributed by atoms with Gasteiger partial charge in [-0.05, 0) is 68.0 Å². The van der Waals surface area contributed by atoms with Gasteiger partial charge in [0, 0.05) is 31.4 Å². The van der Waals surface area contributed by atoms with E-state index in [-0.39, 0.29) is 11.7 Å². The van der Waals surface area contributed by atoms with Crippen molar-refractivity contribution in [3.63, 3.8) is 0 Å². The van der Waals surface area contributed by atoms with E-state index in [0.717, 1.165) is 48.2 Å². The number of benzene rings is 1. The second-order valence-corrected chi connectivity index (χ2v) is 9.93. The maximum Gasteiger partial charge on any atom is 0.224 e. The number of hydrogen-bond acceptors (Lipinski definition) is 4. The van der Waals surface area contributed by atoms with Crippen molar-refractivity contribution in [3.8, 4) is 0 Å². The Hall–Kier alpha value is -2.73. The molecule has 172 valence electrons. The summed E-state index contributed by atoms with van der Waals surface area (Å²) >= 11 is 0. The van der Waals surface area contributed by atoms with Gasteiger partial charge in [-0.25, -0.2) is 4.98 Å². The van der Waals surface area contributed by atoms with E-state index in [1.54, 1.807) is 6.20 Å². The number of aromatic amines is 1. The lowest BCUT2D eigenvalue weighted by molar-refractivity contribution is -0.120. The molecule has 1 aromatic heterocycles. The number of imidazole rings is 1. The summed E-state index contributed by atoms with van der Waals surface area (Å²) in [5.41, 5.74) is 5.51. The summed E-state index contributed by atoms with van der Waals surface area (Å²) in [5, 5.41) is 2.98. The number of Topliss-reactive ketones (excluding diaryl/α,β-unsaturated/α-hetero) is 1. The number of aromatic nitrogens is 2. The first-order valence-electron chi connectivity index (χ1n) is 11.4. The topological polar surface area (TPSA) is 78.1 Å². The van der Waals surface area contributed by atoms with Crippen LogP contribution in [0.5, 0.6) is 0 Å². The zero-order valence-electron chi connectivity index (χ0n) is 20.0. The third kappa shape index (κ3) is 6.63. The lowest BCUT2D eigenvalue weighted by Gasteiger charge is -2.29. The monoisotopic (exact) mass is 436 g/mol. The largest absolute Gasteiger partial charge is 0.355 e. The summed E-state index contributed by atoms with van der Waals surface area (Å²) in [6.07, 6.45) is 7.72. The second-order valence-electron chi connectivity index (χ2n) is 9.93. The number of ketones is 1. The van der Waals surface area contributed by atoms with Crippen LogP contribution in [0.15, 0.2) is 30.5 Å². The highest BCUT2D eigenvalue weighted by molar-refractivity contribution is 5.95. The number of allylic oxidation sites excluding steroid dienone is 2. The van der Waals surface area contributed by atoms with Crippen LogP contribution in [0.3, 0.4) is 0 Å². The molecule has 0 saturated carbocycles. The first-order chi connectivity index (χ1) is 15.1. The molecule has 0 radical (unpaired) electrons. The molecule has 0 atom stereocenters. The predicted molar refractivity (Wildman–Crippen MR) is 129 cm³/mol. The molecule has 1 aliphatic rings. The van der Waals surface area contributed by atoms with Gasteiger partial charge in [-0.2, -0.15) is 0 Å². The molecule has 6 heteroatoms. The lowest BCUT2D eigenvalue weighted by atomic mass is 9.76. The van der Waals surface area contributed by atoms with Crippen molar-refractivity contribution < 1.29 is 9.59 Å². The summed E-state index contributed by atoms with van der Waals surface area (Å²) in [5.74, 6) is 0.397. The number of carbonyl (C=O) groups excluding carboxylic acids is 2. The Kier molecular flexibility index (Phi) is 7.67. The maximum absolute atomic E-state index is 12.8. The Labute approximate surface area is 191 Å². The van der Waals surface area contributed by atoms with E-state index in [2.05, 4.69) is 41.3 Å². The Morgan fingerprint density at radius 2 is 2.00 bits per heavy atom. The van der Waals surface area contributed by atoms with E-state index < -0.39 is 0 Å². The molecule has 2 aromatic rings. The molecule has 32 heavy (non-hydrogen) atoms. The molecule has 0 aliphatic heterocycles. The molecule has 1 aromatic carbocycles. The van der Waals surface area contributed by atoms with E-state index >= 15 is 0 Å². The highest BCUT2D eigenvalue weighted by Crippen LogP contribution is 2.39. The number of H-pyrrole nitrogens is 1. The molecule has 0 bridgehead atoms. The molecule has 1 amide bonds. The van der Waals surface area contributed by atoms with Crippen molar-refractivity contribution in [2.45, 2.75) is 52.9 Å². The molecule has 0 spiro atoms. The van der Waals surface area contributed by atoms with Crippen molar-refractivity contribution in [2.75, 3.05) is 27.2 Å². The third-order valence-corrected chi connectivity index (χ3v) is 6.06. The van der Waals surface area contributed by atoms with Gasteiger partial charge in [-0.15, -0.1) is 0 Å². The van der Waals surface area contributed by atoms with Gasteiger partial charge in [-0.1, -0.05) is 38.1 Å². The number of carbonyl (C=O) groups is 2. The molecule has 2 N–H and O–H groups in total. The van der Waals surface area contributed by atoms with Gasteiger partial charge in [-0.3, -0.25) is 9.59 Å². The van der Waals surface area contributed by atoms with Gasteiger partial charge >= 0.3 is 0 Å². The van der Waals surface area contributed by atoms with E-state index in [0.29, 0.717) is 30.6 Å². The highest BCUT2D eigenvalue weighted by Gasteiger charge is 2.24. The smallest absolute Gasteiger partial charge is 0.224 e. The summed E-state index contributed by atoms with van der Waals surface area (Å²) < 4.78 is 0. The molecular formula is C26H36N4O2. The number of hydrogen-bond donors (Lipinski definition) is 2. The van der Waals surface area contributed by atoms with E-state index in [9.17, 15) is 9.59 Å². The molecule has 1 aliphatic carbocycles. The minimum atomic E-state index is -0.0229. The molecule has 3 rings (SSSR count).